The molecule has 0 saturated carbocycles. The maximum Gasteiger partial charge on any atom is 0.297 e. The Morgan fingerprint density at radius 1 is 0.603 bits per heavy atom. The lowest BCUT2D eigenvalue weighted by atomic mass is 10.1. The second-order valence-electron chi connectivity index (χ2n) is 25.8. The van der Waals surface area contributed by atoms with Gasteiger partial charge in [0, 0.05) is 58.0 Å². The highest BCUT2D eigenvalue weighted by Gasteiger charge is 2.28. The number of azo groups is 4. The van der Waals surface area contributed by atoms with E-state index in [1.807, 2.05) is 6.92 Å². The number of nitro benzene ring substituents is 1. The number of nitrogens with zero attached hydrogens (tertiary/aromatic N) is 15. The van der Waals surface area contributed by atoms with Crippen LogP contribution >= 0.6 is 23.5 Å². The Morgan fingerprint density at radius 3 is 1.77 bits per heavy atom. The molecule has 0 unspecified atom stereocenters. The van der Waals surface area contributed by atoms with Crippen LogP contribution in [0.25, 0.3) is 27.5 Å². The van der Waals surface area contributed by atoms with Gasteiger partial charge < -0.3 is 41.0 Å². The normalized spacial score (nSPS) is 12.5. The van der Waals surface area contributed by atoms with Gasteiger partial charge in [-0.25, -0.2) is 4.98 Å². The molecular formula is C69H71N19O25S8. The van der Waals surface area contributed by atoms with Crippen molar-refractivity contribution in [1.29, 1.82) is 5.26 Å². The number of anilines is 6. The van der Waals surface area contributed by atoms with Gasteiger partial charge in [-0.15, -0.1) is 59.3 Å². The second-order valence-corrected chi connectivity index (χ2v) is 37.0. The number of aromatic hydroxyl groups is 1. The third kappa shape index (κ3) is 24.6. The topological polar surface area (TPSA) is 672 Å². The number of fused-ring (bicyclic) bond motifs is 4. The fourth-order valence-electron chi connectivity index (χ4n) is 11.4. The Labute approximate surface area is 697 Å². The van der Waals surface area contributed by atoms with Crippen LogP contribution in [0.5, 0.6) is 17.4 Å². The summed E-state index contributed by atoms with van der Waals surface area (Å²) in [4.78, 5) is 39.7. The summed E-state index contributed by atoms with van der Waals surface area (Å²) in [5, 5.41) is 90.4. The standard InChI is InChI=1S/C69H71N19O25S8/c1-5-6-7-14-62(90)72-48-32-54(58(114-22-10-25-117(97,98)99)35-50(48)81-79-45-17-15-41(88(92)93)29-60(45)120(106,107)108)85-82-51-36-59(115-23-11-26-118(100,101)102)55(33-49(51)75-69-77-67(71-19-20-89)76-68(78-69)74-46-13-8-12-40-28-43(119(103,104)105)31-61(63(40)46)121(109,110)111)84-80-47-34-57(113-21-9-24-116(94,95)96)53(27-38(47)2)83-86-64-39(3)44(37-70)65-73-52-30-42(112-4)16-18-56(52)87(65)66(64)91/h8,12-13,15-18,27-36,89,91H,5-7,9-11,14,19-26H2,1-4H3,(H,72,90)(H,94,95,96)(H,97,98,99)(H,100,101,102)(H,103,104,105)(H,106,107,108)(H,109,110,111)(H3,71,74,75,76,77,78). The van der Waals surface area contributed by atoms with Crippen LogP contribution in [0.1, 0.15) is 68.6 Å². The Morgan fingerprint density at radius 2 is 1.18 bits per heavy atom. The van der Waals surface area contributed by atoms with Crippen LogP contribution < -0.4 is 30.7 Å². The van der Waals surface area contributed by atoms with Gasteiger partial charge in [-0.2, -0.15) is 75.8 Å². The monoisotopic (exact) mass is 1820 g/mol. The molecule has 121 heavy (non-hydrogen) atoms. The van der Waals surface area contributed by atoms with E-state index in [2.05, 4.69) is 88.2 Å². The van der Waals surface area contributed by atoms with Crippen LogP contribution in [-0.2, 0) is 65.5 Å². The Balaban J connectivity index is 1.19. The summed E-state index contributed by atoms with van der Waals surface area (Å²) in [6.45, 7) is 3.78. The zero-order valence-corrected chi connectivity index (χ0v) is 69.9. The number of benzene rings is 7. The number of carbonyl (C=O) groups is 1. The van der Waals surface area contributed by atoms with Crippen molar-refractivity contribution in [3.63, 3.8) is 0 Å². The third-order valence-corrected chi connectivity index (χ3v) is 24.2. The van der Waals surface area contributed by atoms with Gasteiger partial charge in [0.25, 0.3) is 66.4 Å². The van der Waals surface area contributed by atoms with Crippen LogP contribution in [0.15, 0.2) is 169 Å². The van der Waals surface area contributed by atoms with Gasteiger partial charge in [0.2, 0.25) is 29.6 Å². The first-order chi connectivity index (χ1) is 57.0. The number of nitrogens with one attached hydrogen (secondary N) is 4. The predicted octanol–water partition coefficient (Wildman–Crippen LogP) is 14.1. The molecule has 0 aliphatic carbocycles. The number of amides is 1. The van der Waals surface area contributed by atoms with Crippen molar-refractivity contribution in [1.82, 2.24) is 24.3 Å². The van der Waals surface area contributed by atoms with E-state index in [4.69, 9.17) is 9.47 Å². The van der Waals surface area contributed by atoms with Crippen molar-refractivity contribution < 1.29 is 107 Å². The largest absolute Gasteiger partial charge is 0.497 e. The molecule has 0 fully saturated rings. The van der Waals surface area contributed by atoms with E-state index in [0.717, 1.165) is 41.7 Å². The van der Waals surface area contributed by atoms with E-state index in [1.54, 1.807) is 25.1 Å². The first-order valence-corrected chi connectivity index (χ1v) is 46.4. The minimum Gasteiger partial charge on any atom is -0.497 e. The van der Waals surface area contributed by atoms with Crippen LogP contribution in [0, 0.1) is 35.3 Å². The first kappa shape index (κ1) is 91.7. The molecule has 52 heteroatoms. The SMILES string of the molecule is CCCCCC(=O)Nc1cc(N=Nc2cc(SCCCS(=O)(=O)O)c(N=Nc3cc(OCCCS(=O)(=O)O)c(N=Nc4c(C)c(C#N)c5nc6cc(OC)ccc6n5c4O)cc3C)cc2Nc2nc(NCCO)nc(Nc3cccc4cc(S(=O)(=O)O)cc(S(=O)(=O)O)c34)n2)c(SCCCS(=O)(=O)O)cc1N=Nc1ccc([N+](=O)[O-])cc1S(=O)(=O)O. The van der Waals surface area contributed by atoms with Crippen molar-refractivity contribution in [2.45, 2.75) is 90.2 Å². The summed E-state index contributed by atoms with van der Waals surface area (Å²) in [5.41, 5.74) is -1.82. The number of methoxy groups -OCH3 is 1. The third-order valence-electron chi connectivity index (χ3n) is 17.0. The lowest BCUT2D eigenvalue weighted by molar-refractivity contribution is -0.385. The summed E-state index contributed by atoms with van der Waals surface area (Å²) < 4.78 is 221. The molecule has 0 radical (unpaired) electrons. The van der Waals surface area contributed by atoms with Gasteiger partial charge in [-0.05, 0) is 129 Å². The molecule has 0 atom stereocenters. The number of aliphatic hydroxyl groups is 1. The number of hydrogen-bond donors (Lipinski definition) is 12. The molecule has 0 bridgehead atoms. The maximum atomic E-state index is 13.8. The van der Waals surface area contributed by atoms with E-state index in [9.17, 15) is 108 Å². The van der Waals surface area contributed by atoms with Crippen molar-refractivity contribution in [2.75, 3.05) is 76.9 Å². The molecule has 0 spiro atoms. The Kier molecular flexibility index (Phi) is 29.5. The number of carbonyl (C=O) groups excluding carboxylic acids is 1. The highest BCUT2D eigenvalue weighted by atomic mass is 32.2. The molecule has 10 rings (SSSR count). The summed E-state index contributed by atoms with van der Waals surface area (Å²) in [6.07, 6.45) is 0.871. The average molecular weight is 1820 g/mol. The number of pyridine rings is 1. The number of nitriles is 1. The van der Waals surface area contributed by atoms with Gasteiger partial charge in [0.05, 0.1) is 81.2 Å². The van der Waals surface area contributed by atoms with Crippen molar-refractivity contribution >= 4 is 204 Å². The zero-order chi connectivity index (χ0) is 88.1. The molecular weight excluding hydrogens is 1750 g/mol. The van der Waals surface area contributed by atoms with Crippen molar-refractivity contribution in [3.8, 4) is 23.4 Å². The zero-order valence-electron chi connectivity index (χ0n) is 63.4. The number of nitro groups is 1. The number of thioether (sulfide) groups is 2. The quantitative estimate of drug-likeness (QED) is 0.00424. The van der Waals surface area contributed by atoms with E-state index in [1.165, 1.54) is 73.0 Å². The van der Waals surface area contributed by atoms with Gasteiger partial charge in [-0.3, -0.25) is 46.6 Å². The average Bonchev–Trinajstić information content (AvgIpc) is 1.58. The number of imidazole rings is 1. The van der Waals surface area contributed by atoms with E-state index < -0.39 is 146 Å². The van der Waals surface area contributed by atoms with E-state index in [-0.39, 0.29) is 155 Å². The van der Waals surface area contributed by atoms with Gasteiger partial charge in [-0.1, -0.05) is 31.9 Å². The minimum atomic E-state index is -5.33. The number of unbranched alkanes of at least 4 members (excludes halogenated alkanes) is 2. The Hall–Kier alpha value is -11.6. The molecule has 640 valence electrons. The van der Waals surface area contributed by atoms with Gasteiger partial charge in [0.15, 0.2) is 11.3 Å². The lowest BCUT2D eigenvalue weighted by Gasteiger charge is -2.16. The molecule has 12 N–H and O–H groups in total. The van der Waals surface area contributed by atoms with Crippen molar-refractivity contribution in [2.24, 2.45) is 40.9 Å². The molecule has 0 aliphatic rings. The molecule has 3 aromatic heterocycles. The van der Waals surface area contributed by atoms with Gasteiger partial charge in [0.1, 0.15) is 67.0 Å². The summed E-state index contributed by atoms with van der Waals surface area (Å²) in [7, 11) is -27.9. The summed E-state index contributed by atoms with van der Waals surface area (Å²) >= 11 is 1.80. The first-order valence-electron chi connectivity index (χ1n) is 35.3. The van der Waals surface area contributed by atoms with Crippen LogP contribution in [-0.4, -0.2) is 179 Å². The summed E-state index contributed by atoms with van der Waals surface area (Å²) in [6, 6.07) is 22.3. The number of aryl methyl sites for hydroxylation is 1. The van der Waals surface area contributed by atoms with Crippen LogP contribution in [0.4, 0.5) is 86.1 Å². The highest BCUT2D eigenvalue weighted by molar-refractivity contribution is 7.99. The number of ether oxygens (including phenoxy) is 2. The number of rotatable bonds is 40. The molecule has 44 nitrogen and oxygen atoms in total. The molecule has 1 amide bonds. The van der Waals surface area contributed by atoms with Crippen molar-refractivity contribution in [3.05, 3.63) is 130 Å². The fourth-order valence-corrected chi connectivity index (χ4v) is 17.2. The molecule has 3 heterocycles. The van der Waals surface area contributed by atoms with Crippen LogP contribution in [0.2, 0.25) is 0 Å². The minimum absolute atomic E-state index is 0.00564. The summed E-state index contributed by atoms with van der Waals surface area (Å²) in [5.74, 6) is -4.55. The maximum absolute atomic E-state index is 13.8. The molecule has 0 saturated heterocycles. The molecule has 0 aliphatic heterocycles. The molecule has 7 aromatic carbocycles. The second kappa shape index (κ2) is 38.9. The Bertz CT molecular complexity index is 6660. The number of hydrogen-bond acceptors (Lipinski definition) is 37. The number of non-ortho nitro benzene ring substituents is 1. The smallest absolute Gasteiger partial charge is 0.297 e. The molecule has 10 aromatic rings. The number of aliphatic hydroxyl groups excluding tert-OH is 1. The van der Waals surface area contributed by atoms with Crippen LogP contribution in [0.3, 0.4) is 0 Å². The predicted molar refractivity (Wildman–Crippen MR) is 442 cm³/mol. The highest BCUT2D eigenvalue weighted by Crippen LogP contribution is 2.47. The van der Waals surface area contributed by atoms with E-state index in [0.29, 0.717) is 48.2 Å². The number of aromatic nitrogens is 5. The lowest BCUT2D eigenvalue weighted by Crippen LogP contribution is -2.12. The van der Waals surface area contributed by atoms with E-state index >= 15 is 0 Å². The fraction of sp³-hybridized carbons (Fsp3) is 0.275. The van der Waals surface area contributed by atoms with Gasteiger partial charge >= 0.3 is 0 Å².